The molecule has 0 aliphatic carbocycles. The largest absolute Gasteiger partial charge is 0.381 e. The van der Waals surface area contributed by atoms with E-state index in [1.54, 1.807) is 4.31 Å². The third-order valence-corrected chi connectivity index (χ3v) is 6.64. The molecule has 0 spiro atoms. The van der Waals surface area contributed by atoms with Crippen molar-refractivity contribution in [2.75, 3.05) is 25.6 Å². The second kappa shape index (κ2) is 5.43. The third kappa shape index (κ3) is 2.62. The van der Waals surface area contributed by atoms with Crippen LogP contribution in [-0.4, -0.2) is 49.7 Å². The number of ether oxygens (including phenoxy) is 1. The monoisotopic (exact) mass is 281 g/mol. The van der Waals surface area contributed by atoms with Gasteiger partial charge in [0.05, 0.1) is 5.25 Å². The smallest absolute Gasteiger partial charge is 0.217 e. The van der Waals surface area contributed by atoms with E-state index in [4.69, 9.17) is 16.3 Å². The second-order valence-corrected chi connectivity index (χ2v) is 7.43. The van der Waals surface area contributed by atoms with Gasteiger partial charge in [0.25, 0.3) is 0 Å². The first-order valence-corrected chi connectivity index (χ1v) is 8.25. The Morgan fingerprint density at radius 1 is 1.29 bits per heavy atom. The van der Waals surface area contributed by atoms with Gasteiger partial charge in [-0.25, -0.2) is 8.42 Å². The molecule has 2 unspecified atom stereocenters. The highest BCUT2D eigenvalue weighted by molar-refractivity contribution is 7.89. The molecule has 2 saturated heterocycles. The molecular formula is C11H20ClNO3S. The standard InChI is InChI=1S/C11H20ClNO3S/c1-9-2-5-13(11(9)8-12)17(14,15)10-3-6-16-7-4-10/h9-11H,2-8H2,1H3. The van der Waals surface area contributed by atoms with Crippen LogP contribution in [0.25, 0.3) is 0 Å². The van der Waals surface area contributed by atoms with Crippen molar-refractivity contribution in [2.45, 2.75) is 37.5 Å². The van der Waals surface area contributed by atoms with Crippen molar-refractivity contribution in [2.24, 2.45) is 5.92 Å². The van der Waals surface area contributed by atoms with E-state index in [1.807, 2.05) is 0 Å². The number of hydrogen-bond donors (Lipinski definition) is 0. The third-order valence-electron chi connectivity index (χ3n) is 3.91. The molecule has 6 heteroatoms. The highest BCUT2D eigenvalue weighted by Crippen LogP contribution is 2.31. The fraction of sp³-hybridized carbons (Fsp3) is 1.00. The lowest BCUT2D eigenvalue weighted by molar-refractivity contribution is 0.0971. The molecule has 0 aromatic heterocycles. The molecule has 0 N–H and O–H groups in total. The number of sulfonamides is 1. The van der Waals surface area contributed by atoms with Crippen molar-refractivity contribution in [3.63, 3.8) is 0 Å². The Balaban J connectivity index is 2.14. The fourth-order valence-corrected chi connectivity index (χ4v) is 5.43. The summed E-state index contributed by atoms with van der Waals surface area (Å²) in [6, 6.07) is -0.0236. The van der Waals surface area contributed by atoms with Crippen LogP contribution < -0.4 is 0 Å². The summed E-state index contributed by atoms with van der Waals surface area (Å²) in [6.45, 7) is 3.81. The summed E-state index contributed by atoms with van der Waals surface area (Å²) in [5.41, 5.74) is 0. The van der Waals surface area contributed by atoms with Gasteiger partial charge in [-0.05, 0) is 25.2 Å². The Labute approximate surface area is 108 Å². The minimum atomic E-state index is -3.19. The molecule has 2 rings (SSSR count). The van der Waals surface area contributed by atoms with Crippen LogP contribution >= 0.6 is 11.6 Å². The highest BCUT2D eigenvalue weighted by Gasteiger charge is 2.42. The summed E-state index contributed by atoms with van der Waals surface area (Å²) in [7, 11) is -3.19. The molecule has 17 heavy (non-hydrogen) atoms. The van der Waals surface area contributed by atoms with Crippen molar-refractivity contribution in [3.8, 4) is 0 Å². The van der Waals surface area contributed by atoms with Gasteiger partial charge in [0.2, 0.25) is 10.0 Å². The molecule has 2 fully saturated rings. The first-order valence-electron chi connectivity index (χ1n) is 6.21. The average molecular weight is 282 g/mol. The van der Waals surface area contributed by atoms with Crippen LogP contribution in [0.5, 0.6) is 0 Å². The van der Waals surface area contributed by atoms with E-state index < -0.39 is 10.0 Å². The first-order chi connectivity index (χ1) is 8.07. The summed E-state index contributed by atoms with van der Waals surface area (Å²) < 4.78 is 31.9. The molecule has 2 aliphatic heterocycles. The number of rotatable bonds is 3. The Hall–Kier alpha value is 0.160. The van der Waals surface area contributed by atoms with Crippen LogP contribution in [0, 0.1) is 5.92 Å². The Morgan fingerprint density at radius 2 is 1.94 bits per heavy atom. The minimum absolute atomic E-state index is 0.0236. The van der Waals surface area contributed by atoms with E-state index in [-0.39, 0.29) is 11.3 Å². The predicted octanol–water partition coefficient (Wildman–Crippen LogP) is 1.44. The van der Waals surface area contributed by atoms with E-state index in [1.165, 1.54) is 0 Å². The lowest BCUT2D eigenvalue weighted by Crippen LogP contribution is -2.45. The Kier molecular flexibility index (Phi) is 4.34. The fourth-order valence-electron chi connectivity index (χ4n) is 2.68. The van der Waals surface area contributed by atoms with Gasteiger partial charge in [-0.15, -0.1) is 11.6 Å². The van der Waals surface area contributed by atoms with Crippen molar-refractivity contribution in [3.05, 3.63) is 0 Å². The van der Waals surface area contributed by atoms with Crippen LogP contribution in [-0.2, 0) is 14.8 Å². The van der Waals surface area contributed by atoms with Gasteiger partial charge in [-0.3, -0.25) is 0 Å². The molecule has 2 aliphatic rings. The zero-order valence-corrected chi connectivity index (χ0v) is 11.7. The summed E-state index contributed by atoms with van der Waals surface area (Å²) in [5.74, 6) is 0.756. The molecule has 0 aromatic rings. The van der Waals surface area contributed by atoms with Crippen LogP contribution in [0.15, 0.2) is 0 Å². The van der Waals surface area contributed by atoms with Gasteiger partial charge in [0, 0.05) is 31.7 Å². The van der Waals surface area contributed by atoms with E-state index in [2.05, 4.69) is 6.92 Å². The normalized spacial score (nSPS) is 33.1. The van der Waals surface area contributed by atoms with Crippen LogP contribution in [0.2, 0.25) is 0 Å². The summed E-state index contributed by atoms with van der Waals surface area (Å²) in [6.07, 6.45) is 2.14. The molecule has 2 heterocycles. The van der Waals surface area contributed by atoms with Crippen LogP contribution in [0.3, 0.4) is 0 Å². The number of hydrogen-bond acceptors (Lipinski definition) is 3. The van der Waals surface area contributed by atoms with E-state index in [9.17, 15) is 8.42 Å². The van der Waals surface area contributed by atoms with Crippen molar-refractivity contribution in [1.29, 1.82) is 0 Å². The molecule has 2 atom stereocenters. The number of alkyl halides is 1. The summed E-state index contributed by atoms with van der Waals surface area (Å²) >= 11 is 5.91. The van der Waals surface area contributed by atoms with Crippen molar-refractivity contribution >= 4 is 21.6 Å². The minimum Gasteiger partial charge on any atom is -0.381 e. The van der Waals surface area contributed by atoms with Crippen LogP contribution in [0.4, 0.5) is 0 Å². The Bertz CT molecular complexity index is 354. The lowest BCUT2D eigenvalue weighted by Gasteiger charge is -2.30. The highest BCUT2D eigenvalue weighted by atomic mass is 35.5. The van der Waals surface area contributed by atoms with Gasteiger partial charge in [-0.1, -0.05) is 6.92 Å². The van der Waals surface area contributed by atoms with Crippen molar-refractivity contribution < 1.29 is 13.2 Å². The first kappa shape index (κ1) is 13.6. The molecule has 0 amide bonds. The molecule has 0 aromatic carbocycles. The SMILES string of the molecule is CC1CCN(S(=O)(=O)C2CCOCC2)C1CCl. The summed E-state index contributed by atoms with van der Waals surface area (Å²) in [4.78, 5) is 0. The van der Waals surface area contributed by atoms with E-state index >= 15 is 0 Å². The van der Waals surface area contributed by atoms with E-state index in [0.717, 1.165) is 6.42 Å². The van der Waals surface area contributed by atoms with Crippen molar-refractivity contribution in [1.82, 2.24) is 4.31 Å². The zero-order valence-electron chi connectivity index (χ0n) is 10.1. The second-order valence-electron chi connectivity index (χ2n) is 4.96. The maximum Gasteiger partial charge on any atom is 0.217 e. The van der Waals surface area contributed by atoms with Gasteiger partial charge >= 0.3 is 0 Å². The molecule has 0 saturated carbocycles. The summed E-state index contributed by atoms with van der Waals surface area (Å²) in [5, 5.41) is -0.271. The molecule has 100 valence electrons. The van der Waals surface area contributed by atoms with Gasteiger partial charge in [0.15, 0.2) is 0 Å². The lowest BCUT2D eigenvalue weighted by atomic mass is 10.1. The van der Waals surface area contributed by atoms with Crippen LogP contribution in [0.1, 0.15) is 26.2 Å². The topological polar surface area (TPSA) is 46.6 Å². The molecule has 0 bridgehead atoms. The average Bonchev–Trinajstić information content (AvgIpc) is 2.72. The number of nitrogens with zero attached hydrogens (tertiary/aromatic N) is 1. The van der Waals surface area contributed by atoms with Gasteiger partial charge < -0.3 is 4.74 Å². The molecular weight excluding hydrogens is 262 g/mol. The quantitative estimate of drug-likeness (QED) is 0.736. The maximum absolute atomic E-state index is 12.5. The zero-order chi connectivity index (χ0) is 12.5. The number of halogens is 1. The van der Waals surface area contributed by atoms with Gasteiger partial charge in [-0.2, -0.15) is 4.31 Å². The van der Waals surface area contributed by atoms with E-state index in [0.29, 0.717) is 44.4 Å². The van der Waals surface area contributed by atoms with Gasteiger partial charge in [0.1, 0.15) is 0 Å². The molecule has 4 nitrogen and oxygen atoms in total. The predicted molar refractivity (Wildman–Crippen MR) is 67.8 cm³/mol. The molecule has 0 radical (unpaired) electrons. The maximum atomic E-state index is 12.5. The Morgan fingerprint density at radius 3 is 2.53 bits per heavy atom.